The van der Waals surface area contributed by atoms with Crippen LogP contribution in [0.4, 0.5) is 5.69 Å². The zero-order valence-electron chi connectivity index (χ0n) is 16.7. The molecule has 0 bridgehead atoms. The van der Waals surface area contributed by atoms with Crippen LogP contribution in [0, 0.1) is 20.8 Å². The van der Waals surface area contributed by atoms with Crippen LogP contribution in [0.1, 0.15) is 49.3 Å². The van der Waals surface area contributed by atoms with E-state index in [1.54, 1.807) is 6.92 Å². The third-order valence-corrected chi connectivity index (χ3v) is 5.16. The summed E-state index contributed by atoms with van der Waals surface area (Å²) in [6.07, 6.45) is 4.50. The lowest BCUT2D eigenvalue weighted by atomic mass is 10.1. The zero-order valence-corrected chi connectivity index (χ0v) is 16.7. The molecule has 0 unspecified atom stereocenters. The van der Waals surface area contributed by atoms with Gasteiger partial charge in [0.2, 0.25) is 0 Å². The third kappa shape index (κ3) is 5.03. The zero-order chi connectivity index (χ0) is 19.4. The minimum atomic E-state index is -0.584. The molecule has 1 amide bonds. The Labute approximate surface area is 161 Å². The van der Waals surface area contributed by atoms with Crippen LogP contribution in [0.5, 0.6) is 11.5 Å². The molecule has 27 heavy (non-hydrogen) atoms. The molecule has 2 aromatic carbocycles. The molecule has 0 spiro atoms. The number of ether oxygens (including phenoxy) is 2. The maximum Gasteiger partial charge on any atom is 0.265 e. The van der Waals surface area contributed by atoms with Gasteiger partial charge in [-0.05, 0) is 100 Å². The quantitative estimate of drug-likeness (QED) is 0.750. The predicted molar refractivity (Wildman–Crippen MR) is 109 cm³/mol. The number of hydrogen-bond acceptors (Lipinski definition) is 3. The smallest absolute Gasteiger partial charge is 0.265 e. The van der Waals surface area contributed by atoms with E-state index in [9.17, 15) is 4.79 Å². The highest BCUT2D eigenvalue weighted by Crippen LogP contribution is 2.26. The molecule has 144 valence electrons. The summed E-state index contributed by atoms with van der Waals surface area (Å²) in [4.78, 5) is 12.5. The second-order valence-corrected chi connectivity index (χ2v) is 7.50. The molecule has 4 nitrogen and oxygen atoms in total. The number of nitrogens with one attached hydrogen (secondary N) is 1. The van der Waals surface area contributed by atoms with Crippen LogP contribution in [-0.4, -0.2) is 18.1 Å². The molecule has 1 aliphatic rings. The Bertz CT molecular complexity index is 792. The van der Waals surface area contributed by atoms with Gasteiger partial charge in [-0.3, -0.25) is 4.79 Å². The van der Waals surface area contributed by atoms with Gasteiger partial charge in [0.1, 0.15) is 11.5 Å². The van der Waals surface area contributed by atoms with Crippen molar-refractivity contribution >= 4 is 11.6 Å². The molecule has 0 aromatic heterocycles. The molecular formula is C23H29NO3. The minimum absolute atomic E-state index is 0.168. The van der Waals surface area contributed by atoms with E-state index in [2.05, 4.69) is 18.3 Å². The van der Waals surface area contributed by atoms with Crippen LogP contribution in [0.3, 0.4) is 0 Å². The fourth-order valence-electron chi connectivity index (χ4n) is 3.43. The summed E-state index contributed by atoms with van der Waals surface area (Å²) in [5.41, 5.74) is 4.09. The summed E-state index contributed by atoms with van der Waals surface area (Å²) in [6, 6.07) is 11.7. The molecule has 0 aliphatic heterocycles. The normalized spacial score (nSPS) is 15.4. The van der Waals surface area contributed by atoms with E-state index >= 15 is 0 Å². The monoisotopic (exact) mass is 367 g/mol. The number of aryl methyl sites for hydroxylation is 2. The highest BCUT2D eigenvalue weighted by molar-refractivity contribution is 5.94. The first-order valence-corrected chi connectivity index (χ1v) is 9.74. The summed E-state index contributed by atoms with van der Waals surface area (Å²) >= 11 is 0. The second kappa shape index (κ2) is 8.47. The third-order valence-electron chi connectivity index (χ3n) is 5.16. The largest absolute Gasteiger partial charge is 0.490 e. The lowest BCUT2D eigenvalue weighted by molar-refractivity contribution is -0.122. The van der Waals surface area contributed by atoms with E-state index < -0.39 is 6.10 Å². The molecule has 0 heterocycles. The van der Waals surface area contributed by atoms with Crippen molar-refractivity contribution in [1.82, 2.24) is 0 Å². The molecular weight excluding hydrogens is 338 g/mol. The van der Waals surface area contributed by atoms with Crippen LogP contribution in [0.2, 0.25) is 0 Å². The lowest BCUT2D eigenvalue weighted by Gasteiger charge is -2.18. The Balaban J connectivity index is 1.58. The van der Waals surface area contributed by atoms with E-state index in [0.29, 0.717) is 6.10 Å². The summed E-state index contributed by atoms with van der Waals surface area (Å²) in [6.45, 7) is 7.86. The van der Waals surface area contributed by atoms with Gasteiger partial charge in [0, 0.05) is 5.69 Å². The van der Waals surface area contributed by atoms with Crippen molar-refractivity contribution in [1.29, 1.82) is 0 Å². The Morgan fingerprint density at radius 3 is 2.41 bits per heavy atom. The van der Waals surface area contributed by atoms with Crippen molar-refractivity contribution < 1.29 is 14.3 Å². The van der Waals surface area contributed by atoms with E-state index in [0.717, 1.165) is 46.7 Å². The van der Waals surface area contributed by atoms with Gasteiger partial charge < -0.3 is 14.8 Å². The van der Waals surface area contributed by atoms with Gasteiger partial charge in [-0.25, -0.2) is 0 Å². The fraction of sp³-hybridized carbons (Fsp3) is 0.435. The number of carbonyl (C=O) groups excluding carboxylic acids is 1. The molecule has 1 N–H and O–H groups in total. The fourth-order valence-corrected chi connectivity index (χ4v) is 3.43. The average Bonchev–Trinajstić information content (AvgIpc) is 3.14. The second-order valence-electron chi connectivity index (χ2n) is 7.50. The highest BCUT2D eigenvalue weighted by atomic mass is 16.5. The number of rotatable bonds is 6. The number of hydrogen-bond donors (Lipinski definition) is 1. The summed E-state index contributed by atoms with van der Waals surface area (Å²) in [7, 11) is 0. The van der Waals surface area contributed by atoms with Crippen LogP contribution in [-0.2, 0) is 4.79 Å². The van der Waals surface area contributed by atoms with Crippen molar-refractivity contribution in [3.63, 3.8) is 0 Å². The molecule has 1 fully saturated rings. The molecule has 0 radical (unpaired) electrons. The number of benzene rings is 2. The Morgan fingerprint density at radius 2 is 1.74 bits per heavy atom. The standard InChI is InChI=1S/C23H29NO3/c1-15-13-16(2)17(3)22(14-15)26-18(4)23(25)24-19-9-11-21(12-10-19)27-20-7-5-6-8-20/h9-14,18,20H,5-8H2,1-4H3,(H,24,25)/t18-/m0/s1. The molecule has 3 rings (SSSR count). The van der Waals surface area contributed by atoms with E-state index in [4.69, 9.17) is 9.47 Å². The number of anilines is 1. The summed E-state index contributed by atoms with van der Waals surface area (Å²) in [5.74, 6) is 1.45. The molecule has 0 saturated heterocycles. The molecule has 1 saturated carbocycles. The van der Waals surface area contributed by atoms with Gasteiger partial charge in [-0.15, -0.1) is 0 Å². The Hall–Kier alpha value is -2.49. The summed E-state index contributed by atoms with van der Waals surface area (Å²) < 4.78 is 11.9. The van der Waals surface area contributed by atoms with Crippen molar-refractivity contribution in [3.8, 4) is 11.5 Å². The first-order chi connectivity index (χ1) is 12.9. The van der Waals surface area contributed by atoms with Crippen molar-refractivity contribution in [3.05, 3.63) is 53.1 Å². The minimum Gasteiger partial charge on any atom is -0.490 e. The van der Waals surface area contributed by atoms with Crippen molar-refractivity contribution in [2.45, 2.75) is 65.6 Å². The average molecular weight is 367 g/mol. The van der Waals surface area contributed by atoms with E-state index in [1.165, 1.54) is 12.8 Å². The van der Waals surface area contributed by atoms with Gasteiger partial charge >= 0.3 is 0 Å². The van der Waals surface area contributed by atoms with Crippen LogP contribution < -0.4 is 14.8 Å². The topological polar surface area (TPSA) is 47.6 Å². The predicted octanol–water partition coefficient (Wildman–Crippen LogP) is 5.34. The maximum atomic E-state index is 12.5. The van der Waals surface area contributed by atoms with Gasteiger partial charge in [-0.1, -0.05) is 6.07 Å². The molecule has 2 aromatic rings. The van der Waals surface area contributed by atoms with Gasteiger partial charge in [0.25, 0.3) is 5.91 Å². The Morgan fingerprint density at radius 1 is 1.07 bits per heavy atom. The molecule has 1 aliphatic carbocycles. The maximum absolute atomic E-state index is 12.5. The lowest BCUT2D eigenvalue weighted by Crippen LogP contribution is -2.30. The van der Waals surface area contributed by atoms with Crippen molar-refractivity contribution in [2.24, 2.45) is 0 Å². The number of amides is 1. The van der Waals surface area contributed by atoms with Gasteiger partial charge in [0.05, 0.1) is 6.10 Å². The van der Waals surface area contributed by atoms with Crippen LogP contribution in [0.25, 0.3) is 0 Å². The van der Waals surface area contributed by atoms with Crippen LogP contribution in [0.15, 0.2) is 36.4 Å². The Kier molecular flexibility index (Phi) is 6.04. The summed E-state index contributed by atoms with van der Waals surface area (Å²) in [5, 5.41) is 2.91. The number of carbonyl (C=O) groups is 1. The van der Waals surface area contributed by atoms with Crippen molar-refractivity contribution in [2.75, 3.05) is 5.32 Å². The SMILES string of the molecule is Cc1cc(C)c(C)c(O[C@@H](C)C(=O)Nc2ccc(OC3CCCC3)cc2)c1. The van der Waals surface area contributed by atoms with Gasteiger partial charge in [0.15, 0.2) is 6.10 Å². The molecule has 1 atom stereocenters. The van der Waals surface area contributed by atoms with Gasteiger partial charge in [-0.2, -0.15) is 0 Å². The van der Waals surface area contributed by atoms with E-state index in [1.807, 2.05) is 44.2 Å². The van der Waals surface area contributed by atoms with E-state index in [-0.39, 0.29) is 5.91 Å². The molecule has 4 heteroatoms. The van der Waals surface area contributed by atoms with Crippen LogP contribution >= 0.6 is 0 Å². The highest BCUT2D eigenvalue weighted by Gasteiger charge is 2.18. The first-order valence-electron chi connectivity index (χ1n) is 9.74. The first kappa shape index (κ1) is 19.3.